The van der Waals surface area contributed by atoms with Gasteiger partial charge in [0.15, 0.2) is 6.61 Å². The van der Waals surface area contributed by atoms with Gasteiger partial charge in [-0.05, 0) is 60.4 Å². The van der Waals surface area contributed by atoms with Gasteiger partial charge in [-0.1, -0.05) is 19.1 Å². The van der Waals surface area contributed by atoms with Crippen LogP contribution in [0.25, 0.3) is 0 Å². The number of nitrogens with zero attached hydrogens (tertiary/aromatic N) is 1. The molecule has 1 aromatic carbocycles. The second-order valence-corrected chi connectivity index (χ2v) is 6.36. The van der Waals surface area contributed by atoms with Crippen molar-refractivity contribution in [1.29, 1.82) is 0 Å². The van der Waals surface area contributed by atoms with E-state index >= 15 is 0 Å². The van der Waals surface area contributed by atoms with Gasteiger partial charge in [0.1, 0.15) is 0 Å². The molecule has 1 aromatic rings. The summed E-state index contributed by atoms with van der Waals surface area (Å²) in [5, 5.41) is 0. The first-order chi connectivity index (χ1) is 10.1. The molecule has 1 unspecified atom stereocenters. The van der Waals surface area contributed by atoms with Gasteiger partial charge in [0.2, 0.25) is 0 Å². The van der Waals surface area contributed by atoms with E-state index in [-0.39, 0.29) is 12.5 Å². The van der Waals surface area contributed by atoms with E-state index in [2.05, 4.69) is 29.5 Å². The van der Waals surface area contributed by atoms with E-state index in [1.807, 2.05) is 17.0 Å². The summed E-state index contributed by atoms with van der Waals surface area (Å²) in [5.41, 5.74) is 0.511. The summed E-state index contributed by atoms with van der Waals surface area (Å²) in [6, 6.07) is 7.50. The van der Waals surface area contributed by atoms with Crippen molar-refractivity contribution in [2.24, 2.45) is 0 Å². The Morgan fingerprint density at radius 2 is 2.10 bits per heavy atom. The van der Waals surface area contributed by atoms with Gasteiger partial charge in [0.25, 0.3) is 5.91 Å². The molecule has 114 valence electrons. The van der Waals surface area contributed by atoms with Gasteiger partial charge in [-0.25, -0.2) is 4.79 Å². The van der Waals surface area contributed by atoms with Gasteiger partial charge >= 0.3 is 5.97 Å². The smallest absolute Gasteiger partial charge is 0.339 e. The zero-order valence-electron chi connectivity index (χ0n) is 12.2. The third-order valence-corrected chi connectivity index (χ3v) is 4.78. The summed E-state index contributed by atoms with van der Waals surface area (Å²) < 4.78 is 6.01. The first-order valence-electron chi connectivity index (χ1n) is 7.34. The van der Waals surface area contributed by atoms with E-state index in [0.717, 1.165) is 29.4 Å². The van der Waals surface area contributed by atoms with Gasteiger partial charge in [0.05, 0.1) is 5.56 Å². The lowest BCUT2D eigenvalue weighted by molar-refractivity contribution is -0.138. The number of ether oxygens (including phenoxy) is 1. The molecule has 0 bridgehead atoms. The molecule has 1 fully saturated rings. The van der Waals surface area contributed by atoms with Gasteiger partial charge in [-0.2, -0.15) is 0 Å². The number of likely N-dealkylation sites (tertiary alicyclic amines) is 1. The Balaban J connectivity index is 1.91. The largest absolute Gasteiger partial charge is 0.452 e. The van der Waals surface area contributed by atoms with Crippen LogP contribution in [0.2, 0.25) is 0 Å². The maximum absolute atomic E-state index is 12.2. The van der Waals surface area contributed by atoms with Crippen LogP contribution in [-0.4, -0.2) is 36.0 Å². The quantitative estimate of drug-likeness (QED) is 0.575. The number of amides is 1. The first kappa shape index (κ1) is 16.3. The van der Waals surface area contributed by atoms with E-state index < -0.39 is 5.97 Å². The Morgan fingerprint density at radius 1 is 1.33 bits per heavy atom. The fraction of sp³-hybridized carbons (Fsp3) is 0.500. The number of piperidine rings is 1. The number of carbonyl (C=O) groups is 2. The zero-order valence-corrected chi connectivity index (χ0v) is 14.3. The average Bonchev–Trinajstić information content (AvgIpc) is 2.52. The van der Waals surface area contributed by atoms with E-state index in [1.165, 1.54) is 6.42 Å². The van der Waals surface area contributed by atoms with Gasteiger partial charge in [-0.3, -0.25) is 4.79 Å². The monoisotopic (exact) mass is 401 g/mol. The van der Waals surface area contributed by atoms with Crippen molar-refractivity contribution in [1.82, 2.24) is 4.90 Å². The van der Waals surface area contributed by atoms with Gasteiger partial charge in [-0.15, -0.1) is 0 Å². The predicted molar refractivity (Wildman–Crippen MR) is 89.1 cm³/mol. The molecule has 1 heterocycles. The summed E-state index contributed by atoms with van der Waals surface area (Å²) in [4.78, 5) is 26.1. The molecule has 0 radical (unpaired) electrons. The zero-order chi connectivity index (χ0) is 15.2. The number of benzene rings is 1. The highest BCUT2D eigenvalue weighted by atomic mass is 127. The molecule has 5 heteroatoms. The van der Waals surface area contributed by atoms with E-state index in [4.69, 9.17) is 4.74 Å². The molecule has 0 saturated carbocycles. The van der Waals surface area contributed by atoms with Crippen molar-refractivity contribution in [2.45, 2.75) is 38.6 Å². The molecule has 1 aliphatic heterocycles. The highest BCUT2D eigenvalue weighted by Crippen LogP contribution is 2.19. The van der Waals surface area contributed by atoms with Crippen LogP contribution in [0, 0.1) is 3.57 Å². The topological polar surface area (TPSA) is 46.6 Å². The Bertz CT molecular complexity index is 518. The fourth-order valence-corrected chi connectivity index (χ4v) is 3.28. The molecule has 0 N–H and O–H groups in total. The molecule has 0 spiro atoms. The van der Waals surface area contributed by atoms with E-state index in [0.29, 0.717) is 11.6 Å². The normalized spacial score (nSPS) is 18.4. The number of halogens is 1. The molecule has 1 amide bonds. The minimum atomic E-state index is -0.432. The third-order valence-electron chi connectivity index (χ3n) is 3.84. The molecular weight excluding hydrogens is 381 g/mol. The Labute approximate surface area is 139 Å². The molecule has 2 rings (SSSR count). The highest BCUT2D eigenvalue weighted by Gasteiger charge is 2.26. The molecular formula is C16H20INO3. The van der Waals surface area contributed by atoms with Crippen LogP contribution in [0.4, 0.5) is 0 Å². The third kappa shape index (κ3) is 4.18. The summed E-state index contributed by atoms with van der Waals surface area (Å²) >= 11 is 2.09. The van der Waals surface area contributed by atoms with Crippen LogP contribution in [0.3, 0.4) is 0 Å². The Hall–Kier alpha value is -1.11. The van der Waals surface area contributed by atoms with Crippen LogP contribution < -0.4 is 0 Å². The van der Waals surface area contributed by atoms with Crippen LogP contribution in [0.5, 0.6) is 0 Å². The maximum Gasteiger partial charge on any atom is 0.339 e. The number of esters is 1. The van der Waals surface area contributed by atoms with E-state index in [9.17, 15) is 9.59 Å². The van der Waals surface area contributed by atoms with Crippen LogP contribution in [0.15, 0.2) is 24.3 Å². The number of rotatable bonds is 4. The molecule has 1 atom stereocenters. The van der Waals surface area contributed by atoms with Crippen LogP contribution in [-0.2, 0) is 9.53 Å². The van der Waals surface area contributed by atoms with Crippen molar-refractivity contribution in [3.63, 3.8) is 0 Å². The van der Waals surface area contributed by atoms with E-state index in [1.54, 1.807) is 12.1 Å². The average molecular weight is 401 g/mol. The molecule has 4 nitrogen and oxygen atoms in total. The fourth-order valence-electron chi connectivity index (χ4n) is 2.67. The second kappa shape index (κ2) is 7.77. The lowest BCUT2D eigenvalue weighted by atomic mass is 10.00. The minimum Gasteiger partial charge on any atom is -0.452 e. The lowest BCUT2D eigenvalue weighted by Crippen LogP contribution is -2.45. The van der Waals surface area contributed by atoms with Crippen molar-refractivity contribution >= 4 is 34.5 Å². The second-order valence-electron chi connectivity index (χ2n) is 5.20. The van der Waals surface area contributed by atoms with Crippen molar-refractivity contribution in [3.05, 3.63) is 33.4 Å². The van der Waals surface area contributed by atoms with Crippen molar-refractivity contribution < 1.29 is 14.3 Å². The van der Waals surface area contributed by atoms with Gasteiger partial charge < -0.3 is 9.64 Å². The van der Waals surface area contributed by atoms with Crippen molar-refractivity contribution in [3.8, 4) is 0 Å². The number of carbonyl (C=O) groups excluding carboxylic acids is 2. The number of hydrogen-bond acceptors (Lipinski definition) is 3. The molecule has 21 heavy (non-hydrogen) atoms. The summed E-state index contributed by atoms with van der Waals surface area (Å²) in [6.07, 6.45) is 4.21. The molecule has 1 saturated heterocycles. The van der Waals surface area contributed by atoms with Gasteiger partial charge in [0, 0.05) is 16.2 Å². The standard InChI is InChI=1S/C16H20INO3/c1-2-12-7-5-6-10-18(12)15(19)11-21-16(20)13-8-3-4-9-14(13)17/h3-4,8-9,12H,2,5-7,10-11H2,1H3. The maximum atomic E-state index is 12.2. The Morgan fingerprint density at radius 3 is 2.81 bits per heavy atom. The lowest BCUT2D eigenvalue weighted by Gasteiger charge is -2.35. The summed E-state index contributed by atoms with van der Waals surface area (Å²) in [6.45, 7) is 2.70. The highest BCUT2D eigenvalue weighted by molar-refractivity contribution is 14.1. The summed E-state index contributed by atoms with van der Waals surface area (Å²) in [5.74, 6) is -0.515. The van der Waals surface area contributed by atoms with Crippen molar-refractivity contribution in [2.75, 3.05) is 13.2 Å². The number of hydrogen-bond donors (Lipinski definition) is 0. The SMILES string of the molecule is CCC1CCCCN1C(=O)COC(=O)c1ccccc1I. The molecule has 1 aliphatic rings. The summed E-state index contributed by atoms with van der Waals surface area (Å²) in [7, 11) is 0. The first-order valence-corrected chi connectivity index (χ1v) is 8.42. The molecule has 0 aromatic heterocycles. The minimum absolute atomic E-state index is 0.0826. The predicted octanol–water partition coefficient (Wildman–Crippen LogP) is 3.24. The van der Waals surface area contributed by atoms with Crippen LogP contribution in [0.1, 0.15) is 43.0 Å². The van der Waals surface area contributed by atoms with Crippen LogP contribution >= 0.6 is 22.6 Å². The Kier molecular flexibility index (Phi) is 6.02. The molecule has 0 aliphatic carbocycles.